The molecule has 0 aliphatic rings. The van der Waals surface area contributed by atoms with Crippen LogP contribution in [0.25, 0.3) is 0 Å². The lowest BCUT2D eigenvalue weighted by Gasteiger charge is -2.18. The predicted molar refractivity (Wildman–Crippen MR) is 190 cm³/mol. The quantitative estimate of drug-likeness (QED) is 0.0436. The molecule has 0 radical (unpaired) electrons. The molecule has 1 unspecified atom stereocenters. The minimum absolute atomic E-state index is 0.100. The van der Waals surface area contributed by atoms with Gasteiger partial charge in [-0.25, -0.2) is 0 Å². The van der Waals surface area contributed by atoms with Gasteiger partial charge in [0.25, 0.3) is 0 Å². The smallest absolute Gasteiger partial charge is 0.306 e. The Balaban J connectivity index is 3.84. The van der Waals surface area contributed by atoms with Crippen molar-refractivity contribution in [2.45, 2.75) is 219 Å². The van der Waals surface area contributed by atoms with Crippen LogP contribution in [-0.4, -0.2) is 23.1 Å². The number of allylic oxidation sites excluding steroid dienone is 4. The molecular formula is C40H74O4. The van der Waals surface area contributed by atoms with E-state index < -0.39 is 5.97 Å². The van der Waals surface area contributed by atoms with Crippen LogP contribution in [0.2, 0.25) is 0 Å². The van der Waals surface area contributed by atoms with Gasteiger partial charge in [0.1, 0.15) is 6.10 Å². The van der Waals surface area contributed by atoms with Gasteiger partial charge in [0.2, 0.25) is 0 Å². The maximum Gasteiger partial charge on any atom is 0.306 e. The van der Waals surface area contributed by atoms with Gasteiger partial charge in [-0.2, -0.15) is 0 Å². The number of ether oxygens (including phenoxy) is 1. The molecule has 0 spiro atoms. The summed E-state index contributed by atoms with van der Waals surface area (Å²) < 4.78 is 5.82. The van der Waals surface area contributed by atoms with Crippen LogP contribution >= 0.6 is 0 Å². The summed E-state index contributed by atoms with van der Waals surface area (Å²) in [6.07, 6.45) is 44.7. The van der Waals surface area contributed by atoms with Crippen LogP contribution in [0.5, 0.6) is 0 Å². The third-order valence-corrected chi connectivity index (χ3v) is 8.68. The summed E-state index contributed by atoms with van der Waals surface area (Å²) in [5, 5.41) is 9.01. The molecule has 44 heavy (non-hydrogen) atoms. The molecule has 0 amide bonds. The molecule has 0 rings (SSSR count). The maximum absolute atomic E-state index is 12.5. The topological polar surface area (TPSA) is 63.6 Å². The highest BCUT2D eigenvalue weighted by atomic mass is 16.5. The van der Waals surface area contributed by atoms with Gasteiger partial charge in [0.15, 0.2) is 0 Å². The summed E-state index contributed by atoms with van der Waals surface area (Å²) in [7, 11) is 0. The fourth-order valence-corrected chi connectivity index (χ4v) is 5.81. The molecule has 0 aliphatic carbocycles. The van der Waals surface area contributed by atoms with Gasteiger partial charge in [0, 0.05) is 12.8 Å². The molecule has 0 aromatic rings. The molecule has 0 saturated heterocycles. The van der Waals surface area contributed by atoms with E-state index in [0.717, 1.165) is 38.5 Å². The van der Waals surface area contributed by atoms with Crippen molar-refractivity contribution in [3.8, 4) is 0 Å². The van der Waals surface area contributed by atoms with E-state index in [4.69, 9.17) is 9.84 Å². The number of carbonyl (C=O) groups is 2. The Labute approximate surface area is 274 Å². The highest BCUT2D eigenvalue weighted by Gasteiger charge is 2.15. The standard InChI is InChI=1S/C40H74O4/c1-3-5-7-9-11-13-15-17-19-21-23-25-27-29-31-34-38(35-33-36-39(41)42)44-40(43)37-32-30-28-26-24-22-20-18-16-14-12-10-8-6-4-2/h12,14,18,20,38H,3-11,13,15-17,19,21-37H2,1-2H3,(H,41,42)/b14-12-,20-18-. The van der Waals surface area contributed by atoms with E-state index in [1.807, 2.05) is 0 Å². The number of carboxylic acid groups (broad SMARTS) is 1. The van der Waals surface area contributed by atoms with Crippen molar-refractivity contribution in [1.29, 1.82) is 0 Å². The fourth-order valence-electron chi connectivity index (χ4n) is 5.81. The van der Waals surface area contributed by atoms with Crippen LogP contribution in [0.1, 0.15) is 213 Å². The first-order valence-electron chi connectivity index (χ1n) is 19.3. The van der Waals surface area contributed by atoms with E-state index in [2.05, 4.69) is 38.2 Å². The number of carbonyl (C=O) groups excluding carboxylic acids is 1. The Morgan fingerprint density at radius 3 is 1.43 bits per heavy atom. The summed E-state index contributed by atoms with van der Waals surface area (Å²) in [5.74, 6) is -0.871. The lowest BCUT2D eigenvalue weighted by Crippen LogP contribution is -2.18. The summed E-state index contributed by atoms with van der Waals surface area (Å²) in [4.78, 5) is 23.5. The van der Waals surface area contributed by atoms with E-state index in [1.165, 1.54) is 135 Å². The van der Waals surface area contributed by atoms with Crippen LogP contribution in [0.15, 0.2) is 24.3 Å². The van der Waals surface area contributed by atoms with E-state index in [9.17, 15) is 9.59 Å². The molecule has 0 aromatic carbocycles. The normalized spacial score (nSPS) is 12.4. The lowest BCUT2D eigenvalue weighted by molar-refractivity contribution is -0.150. The zero-order chi connectivity index (χ0) is 32.2. The molecule has 4 heteroatoms. The fraction of sp³-hybridized carbons (Fsp3) is 0.850. The van der Waals surface area contributed by atoms with Crippen molar-refractivity contribution >= 4 is 11.9 Å². The molecule has 0 aromatic heterocycles. The summed E-state index contributed by atoms with van der Waals surface area (Å²) in [6.45, 7) is 4.52. The zero-order valence-electron chi connectivity index (χ0n) is 29.5. The second kappa shape index (κ2) is 35.9. The van der Waals surface area contributed by atoms with Crippen LogP contribution in [0.4, 0.5) is 0 Å². The van der Waals surface area contributed by atoms with Crippen LogP contribution in [-0.2, 0) is 14.3 Å². The van der Waals surface area contributed by atoms with Gasteiger partial charge in [0.05, 0.1) is 0 Å². The van der Waals surface area contributed by atoms with Gasteiger partial charge in [-0.15, -0.1) is 0 Å². The lowest BCUT2D eigenvalue weighted by atomic mass is 10.0. The first-order valence-corrected chi connectivity index (χ1v) is 19.3. The van der Waals surface area contributed by atoms with Crippen LogP contribution in [0.3, 0.4) is 0 Å². The van der Waals surface area contributed by atoms with Crippen LogP contribution < -0.4 is 0 Å². The van der Waals surface area contributed by atoms with Crippen LogP contribution in [0, 0.1) is 0 Å². The first kappa shape index (κ1) is 42.4. The maximum atomic E-state index is 12.5. The predicted octanol–water partition coefficient (Wildman–Crippen LogP) is 13.2. The Kier molecular flexibility index (Phi) is 34.6. The first-order chi connectivity index (χ1) is 21.6. The number of rotatable bonds is 35. The summed E-state index contributed by atoms with van der Waals surface area (Å²) in [5.41, 5.74) is 0. The van der Waals surface area contributed by atoms with Crippen molar-refractivity contribution in [1.82, 2.24) is 0 Å². The van der Waals surface area contributed by atoms with Crippen molar-refractivity contribution in [2.24, 2.45) is 0 Å². The van der Waals surface area contributed by atoms with Crippen molar-refractivity contribution in [3.63, 3.8) is 0 Å². The Morgan fingerprint density at radius 2 is 0.909 bits per heavy atom. The van der Waals surface area contributed by atoms with E-state index in [-0.39, 0.29) is 18.5 Å². The molecule has 1 atom stereocenters. The molecule has 0 saturated carbocycles. The van der Waals surface area contributed by atoms with Gasteiger partial charge in [-0.3, -0.25) is 9.59 Å². The van der Waals surface area contributed by atoms with Gasteiger partial charge >= 0.3 is 11.9 Å². The molecule has 0 bridgehead atoms. The highest BCUT2D eigenvalue weighted by molar-refractivity contribution is 5.69. The molecule has 1 N–H and O–H groups in total. The second-order valence-corrected chi connectivity index (χ2v) is 13.1. The number of hydrogen-bond donors (Lipinski definition) is 1. The van der Waals surface area contributed by atoms with Gasteiger partial charge in [-0.1, -0.05) is 160 Å². The van der Waals surface area contributed by atoms with E-state index in [0.29, 0.717) is 19.3 Å². The third-order valence-electron chi connectivity index (χ3n) is 8.68. The minimum atomic E-state index is -0.771. The number of aliphatic carboxylic acids is 1. The molecule has 4 nitrogen and oxygen atoms in total. The Morgan fingerprint density at radius 1 is 0.500 bits per heavy atom. The Hall–Kier alpha value is -1.58. The monoisotopic (exact) mass is 619 g/mol. The van der Waals surface area contributed by atoms with Crippen molar-refractivity contribution in [3.05, 3.63) is 24.3 Å². The summed E-state index contributed by atoms with van der Waals surface area (Å²) >= 11 is 0. The van der Waals surface area contributed by atoms with Crippen molar-refractivity contribution in [2.75, 3.05) is 0 Å². The number of carboxylic acids is 1. The summed E-state index contributed by atoms with van der Waals surface area (Å²) in [6, 6.07) is 0. The molecule has 258 valence electrons. The van der Waals surface area contributed by atoms with Crippen molar-refractivity contribution < 1.29 is 19.4 Å². The number of hydrogen-bond acceptors (Lipinski definition) is 3. The van der Waals surface area contributed by atoms with E-state index in [1.54, 1.807) is 0 Å². The zero-order valence-corrected chi connectivity index (χ0v) is 29.5. The highest BCUT2D eigenvalue weighted by Crippen LogP contribution is 2.18. The average molecular weight is 619 g/mol. The molecular weight excluding hydrogens is 544 g/mol. The molecule has 0 aliphatic heterocycles. The average Bonchev–Trinajstić information content (AvgIpc) is 3.00. The van der Waals surface area contributed by atoms with E-state index >= 15 is 0 Å². The SMILES string of the molecule is CCCCC/C=C\C/C=C\CCCCCCCC(=O)OC(CCCCCCCCCCCCCCCCC)CCCC(=O)O. The minimum Gasteiger partial charge on any atom is -0.481 e. The third kappa shape index (κ3) is 34.9. The molecule has 0 fully saturated rings. The number of unbranched alkanes of at least 4 members (excludes halogenated alkanes) is 22. The largest absolute Gasteiger partial charge is 0.481 e. The van der Waals surface area contributed by atoms with Gasteiger partial charge in [-0.05, 0) is 64.2 Å². The molecule has 0 heterocycles. The number of esters is 1. The van der Waals surface area contributed by atoms with Gasteiger partial charge < -0.3 is 9.84 Å². The second-order valence-electron chi connectivity index (χ2n) is 13.1. The Bertz CT molecular complexity index is 668.